The molecule has 2 aromatic carbocycles. The van der Waals surface area contributed by atoms with E-state index < -0.39 is 27.7 Å². The number of hydrogen-bond donors (Lipinski definition) is 1. The van der Waals surface area contributed by atoms with Crippen LogP contribution in [0.4, 0.5) is 18.9 Å². The largest absolute Gasteiger partial charge is 0.416 e. The zero-order chi connectivity index (χ0) is 27.1. The fraction of sp³-hybridized carbons (Fsp3) is 0.360. The van der Waals surface area contributed by atoms with Crippen LogP contribution in [0.5, 0.6) is 0 Å². The lowest BCUT2D eigenvalue weighted by Crippen LogP contribution is -2.38. The van der Waals surface area contributed by atoms with E-state index in [0.717, 1.165) is 36.1 Å². The Balaban J connectivity index is 1.54. The quantitative estimate of drug-likeness (QED) is 0.475. The van der Waals surface area contributed by atoms with Crippen LogP contribution in [-0.4, -0.2) is 75.4 Å². The van der Waals surface area contributed by atoms with E-state index in [4.69, 9.17) is 4.74 Å². The molecule has 1 aromatic heterocycles. The first-order chi connectivity index (χ1) is 18.1. The summed E-state index contributed by atoms with van der Waals surface area (Å²) in [4.78, 5) is 15.5. The van der Waals surface area contributed by atoms with E-state index >= 15 is 0 Å². The molecule has 9 nitrogen and oxygen atoms in total. The monoisotopic (exact) mass is 549 g/mol. The maximum Gasteiger partial charge on any atom is 0.416 e. The molecule has 202 valence electrons. The van der Waals surface area contributed by atoms with Crippen molar-refractivity contribution in [2.45, 2.75) is 17.5 Å². The molecule has 0 radical (unpaired) electrons. The third-order valence-electron chi connectivity index (χ3n) is 6.63. The standard InChI is InChI=1S/C25H26F3N5O4S/c1-31-23-21(24(34)29-10-5-11-32-12-14-37-15-13-32)30-33(18-7-4-6-17(16-18)25(26,27)28)22(23)19-8-2-3-9-20(19)38(31,35)36/h2-4,6-9,16H,5,10-15H2,1H3,(H,29,34). The van der Waals surface area contributed by atoms with Crippen molar-refractivity contribution in [1.29, 1.82) is 0 Å². The number of amides is 1. The van der Waals surface area contributed by atoms with Gasteiger partial charge in [0.2, 0.25) is 0 Å². The molecule has 1 fully saturated rings. The van der Waals surface area contributed by atoms with Gasteiger partial charge in [-0.2, -0.15) is 18.3 Å². The highest BCUT2D eigenvalue weighted by atomic mass is 32.2. The number of benzene rings is 2. The van der Waals surface area contributed by atoms with Gasteiger partial charge < -0.3 is 10.1 Å². The molecule has 0 spiro atoms. The number of nitrogens with one attached hydrogen (secondary N) is 1. The van der Waals surface area contributed by atoms with E-state index in [1.54, 1.807) is 18.2 Å². The van der Waals surface area contributed by atoms with Crippen molar-refractivity contribution in [2.24, 2.45) is 0 Å². The van der Waals surface area contributed by atoms with E-state index in [9.17, 15) is 26.4 Å². The lowest BCUT2D eigenvalue weighted by atomic mass is 10.1. The van der Waals surface area contributed by atoms with Gasteiger partial charge in [-0.1, -0.05) is 24.3 Å². The van der Waals surface area contributed by atoms with Crippen LogP contribution in [0.3, 0.4) is 0 Å². The number of alkyl halides is 3. The average molecular weight is 550 g/mol. The number of anilines is 1. The predicted octanol–water partition coefficient (Wildman–Crippen LogP) is 3.15. The number of ether oxygens (including phenoxy) is 1. The van der Waals surface area contributed by atoms with Crippen molar-refractivity contribution >= 4 is 21.6 Å². The summed E-state index contributed by atoms with van der Waals surface area (Å²) in [5, 5.41) is 7.16. The topological polar surface area (TPSA) is 96.8 Å². The van der Waals surface area contributed by atoms with E-state index in [-0.39, 0.29) is 33.2 Å². The van der Waals surface area contributed by atoms with Crippen LogP contribution in [0.1, 0.15) is 22.5 Å². The van der Waals surface area contributed by atoms with Gasteiger partial charge in [0.1, 0.15) is 11.4 Å². The SMILES string of the molecule is CN1c2c(C(=O)NCCCN3CCOCC3)nn(-c3cccc(C(F)(F)F)c3)c2-c2ccccc2S1(=O)=O. The number of rotatable bonds is 6. The molecule has 0 bridgehead atoms. The van der Waals surface area contributed by atoms with Gasteiger partial charge >= 0.3 is 6.18 Å². The van der Waals surface area contributed by atoms with Crippen LogP contribution in [0.15, 0.2) is 53.4 Å². The van der Waals surface area contributed by atoms with Gasteiger partial charge in [0.25, 0.3) is 15.9 Å². The van der Waals surface area contributed by atoms with Gasteiger partial charge in [0.15, 0.2) is 5.69 Å². The number of hydrogen-bond acceptors (Lipinski definition) is 6. The molecule has 38 heavy (non-hydrogen) atoms. The summed E-state index contributed by atoms with van der Waals surface area (Å²) < 4.78 is 74.5. The summed E-state index contributed by atoms with van der Waals surface area (Å²) in [6, 6.07) is 10.7. The molecular formula is C25H26F3N5O4S. The average Bonchev–Trinajstić information content (AvgIpc) is 3.31. The summed E-state index contributed by atoms with van der Waals surface area (Å²) >= 11 is 0. The summed E-state index contributed by atoms with van der Waals surface area (Å²) in [5.74, 6) is -0.615. The van der Waals surface area contributed by atoms with E-state index in [1.807, 2.05) is 0 Å². The Morgan fingerprint density at radius 3 is 2.58 bits per heavy atom. The minimum absolute atomic E-state index is 0.00629. The van der Waals surface area contributed by atoms with Crippen molar-refractivity contribution in [3.8, 4) is 16.9 Å². The fourth-order valence-electron chi connectivity index (χ4n) is 4.67. The van der Waals surface area contributed by atoms with Crippen molar-refractivity contribution < 1.29 is 31.1 Å². The Morgan fingerprint density at radius 1 is 1.11 bits per heavy atom. The second-order valence-electron chi connectivity index (χ2n) is 9.04. The van der Waals surface area contributed by atoms with Gasteiger partial charge in [-0.05, 0) is 37.2 Å². The normalized spacial score (nSPS) is 17.1. The molecule has 0 unspecified atom stereocenters. The van der Waals surface area contributed by atoms with Crippen molar-refractivity contribution in [1.82, 2.24) is 20.0 Å². The molecule has 0 saturated carbocycles. The number of carbonyl (C=O) groups is 1. The highest BCUT2D eigenvalue weighted by Crippen LogP contribution is 2.45. The lowest BCUT2D eigenvalue weighted by molar-refractivity contribution is -0.137. The van der Waals surface area contributed by atoms with Crippen LogP contribution in [-0.2, 0) is 20.9 Å². The first-order valence-corrected chi connectivity index (χ1v) is 13.5. The molecule has 2 aliphatic heterocycles. The Bertz CT molecular complexity index is 1470. The van der Waals surface area contributed by atoms with Crippen LogP contribution in [0, 0.1) is 0 Å². The number of aromatic nitrogens is 2. The second kappa shape index (κ2) is 10.0. The fourth-order valence-corrected chi connectivity index (χ4v) is 6.07. The second-order valence-corrected chi connectivity index (χ2v) is 11.0. The lowest BCUT2D eigenvalue weighted by Gasteiger charge is -2.27. The molecule has 13 heteroatoms. The van der Waals surface area contributed by atoms with Crippen LogP contribution < -0.4 is 9.62 Å². The zero-order valence-electron chi connectivity index (χ0n) is 20.5. The Labute approximate surface area is 217 Å². The van der Waals surface area contributed by atoms with Crippen molar-refractivity contribution in [3.63, 3.8) is 0 Å². The number of carbonyl (C=O) groups excluding carboxylic acids is 1. The Morgan fingerprint density at radius 2 is 1.84 bits per heavy atom. The van der Waals surface area contributed by atoms with Crippen molar-refractivity contribution in [3.05, 3.63) is 59.8 Å². The van der Waals surface area contributed by atoms with Crippen LogP contribution >= 0.6 is 0 Å². The van der Waals surface area contributed by atoms with Gasteiger partial charge in [0.05, 0.1) is 29.4 Å². The van der Waals surface area contributed by atoms with E-state index in [2.05, 4.69) is 15.3 Å². The maximum absolute atomic E-state index is 13.5. The third kappa shape index (κ3) is 4.76. The molecule has 5 rings (SSSR count). The minimum Gasteiger partial charge on any atom is -0.379 e. The molecule has 1 amide bonds. The number of sulfonamides is 1. The third-order valence-corrected chi connectivity index (χ3v) is 8.44. The summed E-state index contributed by atoms with van der Waals surface area (Å²) in [6.07, 6.45) is -3.94. The Hall–Kier alpha value is -3.42. The van der Waals surface area contributed by atoms with Crippen molar-refractivity contribution in [2.75, 3.05) is 50.7 Å². The molecular weight excluding hydrogens is 523 g/mol. The summed E-state index contributed by atoms with van der Waals surface area (Å²) in [5.41, 5.74) is -0.563. The number of fused-ring (bicyclic) bond motifs is 3. The molecule has 2 aliphatic rings. The molecule has 3 heterocycles. The first-order valence-electron chi connectivity index (χ1n) is 12.1. The van der Waals surface area contributed by atoms with Gasteiger partial charge in [-0.15, -0.1) is 0 Å². The number of morpholine rings is 1. The van der Waals surface area contributed by atoms with Gasteiger partial charge in [-0.3, -0.25) is 14.0 Å². The highest BCUT2D eigenvalue weighted by molar-refractivity contribution is 7.93. The van der Waals surface area contributed by atoms with E-state index in [1.165, 1.54) is 29.9 Å². The van der Waals surface area contributed by atoms with Crippen LogP contribution in [0.25, 0.3) is 16.9 Å². The molecule has 1 N–H and O–H groups in total. The molecule has 0 aliphatic carbocycles. The molecule has 1 saturated heterocycles. The number of nitrogens with zero attached hydrogens (tertiary/aromatic N) is 4. The first kappa shape index (κ1) is 26.2. The number of halogens is 3. The summed E-state index contributed by atoms with van der Waals surface area (Å²) in [7, 11) is -2.73. The molecule has 0 atom stereocenters. The molecule has 3 aromatic rings. The maximum atomic E-state index is 13.5. The zero-order valence-corrected chi connectivity index (χ0v) is 21.3. The van der Waals surface area contributed by atoms with Gasteiger partial charge in [-0.25, -0.2) is 13.1 Å². The predicted molar refractivity (Wildman–Crippen MR) is 134 cm³/mol. The minimum atomic E-state index is -4.60. The Kier molecular flexibility index (Phi) is 6.92. The highest BCUT2D eigenvalue weighted by Gasteiger charge is 2.40. The smallest absolute Gasteiger partial charge is 0.379 e. The van der Waals surface area contributed by atoms with Gasteiger partial charge in [0, 0.05) is 32.2 Å². The van der Waals surface area contributed by atoms with E-state index in [0.29, 0.717) is 26.2 Å². The van der Waals surface area contributed by atoms with Crippen LogP contribution in [0.2, 0.25) is 0 Å². The summed E-state index contributed by atoms with van der Waals surface area (Å²) in [6.45, 7) is 4.01.